The molecular formula is C17H26N2O2. The van der Waals surface area contributed by atoms with Gasteiger partial charge in [-0.2, -0.15) is 0 Å². The topological polar surface area (TPSA) is 43.8 Å². The second kappa shape index (κ2) is 6.58. The van der Waals surface area contributed by atoms with Crippen LogP contribution in [-0.2, 0) is 11.3 Å². The third-order valence-corrected chi connectivity index (χ3v) is 4.08. The molecule has 1 amide bonds. The summed E-state index contributed by atoms with van der Waals surface area (Å²) >= 11 is 0. The molecule has 1 fully saturated rings. The van der Waals surface area contributed by atoms with Gasteiger partial charge < -0.3 is 10.0 Å². The molecule has 1 atom stereocenters. The fourth-order valence-corrected chi connectivity index (χ4v) is 2.83. The van der Waals surface area contributed by atoms with Crippen molar-refractivity contribution in [3.63, 3.8) is 0 Å². The lowest BCUT2D eigenvalue weighted by atomic mass is 9.95. The quantitative estimate of drug-likeness (QED) is 0.919. The molecule has 1 aliphatic heterocycles. The van der Waals surface area contributed by atoms with E-state index >= 15 is 0 Å². The number of likely N-dealkylation sites (N-methyl/N-ethyl adjacent to an activating group) is 1. The summed E-state index contributed by atoms with van der Waals surface area (Å²) in [6.07, 6.45) is 1.76. The number of carbonyl (C=O) groups is 1. The summed E-state index contributed by atoms with van der Waals surface area (Å²) in [6.45, 7) is 6.39. The van der Waals surface area contributed by atoms with Gasteiger partial charge in [-0.05, 0) is 38.8 Å². The Morgan fingerprint density at radius 2 is 2.05 bits per heavy atom. The maximum Gasteiger partial charge on any atom is 0.236 e. The Hall–Kier alpha value is -1.39. The SMILES string of the molecule is Cc1ccc(CN(C)C(=O)CN2CCCC(C)(O)C2)cc1. The van der Waals surface area contributed by atoms with Crippen LogP contribution in [0.4, 0.5) is 0 Å². The largest absolute Gasteiger partial charge is 0.389 e. The molecule has 1 N–H and O–H groups in total. The van der Waals surface area contributed by atoms with Crippen molar-refractivity contribution in [2.45, 2.75) is 38.8 Å². The number of aryl methyl sites for hydroxylation is 1. The first-order valence-corrected chi connectivity index (χ1v) is 7.60. The Bertz CT molecular complexity index is 482. The minimum absolute atomic E-state index is 0.105. The Kier molecular flexibility index (Phi) is 5.01. The van der Waals surface area contributed by atoms with Crippen molar-refractivity contribution in [2.75, 3.05) is 26.7 Å². The fraction of sp³-hybridized carbons (Fsp3) is 0.588. The second-order valence-electron chi connectivity index (χ2n) is 6.55. The van der Waals surface area contributed by atoms with Crippen molar-refractivity contribution < 1.29 is 9.90 Å². The molecule has 4 nitrogen and oxygen atoms in total. The Labute approximate surface area is 127 Å². The molecule has 0 aromatic heterocycles. The van der Waals surface area contributed by atoms with Crippen LogP contribution in [0.2, 0.25) is 0 Å². The summed E-state index contributed by atoms with van der Waals surface area (Å²) in [5.41, 5.74) is 1.71. The summed E-state index contributed by atoms with van der Waals surface area (Å²) < 4.78 is 0. The van der Waals surface area contributed by atoms with E-state index < -0.39 is 5.60 Å². The third-order valence-electron chi connectivity index (χ3n) is 4.08. The molecule has 1 saturated heterocycles. The molecule has 0 bridgehead atoms. The zero-order chi connectivity index (χ0) is 15.5. The molecule has 0 spiro atoms. The predicted molar refractivity (Wildman–Crippen MR) is 84.0 cm³/mol. The molecular weight excluding hydrogens is 264 g/mol. The van der Waals surface area contributed by atoms with Crippen LogP contribution in [0, 0.1) is 6.92 Å². The van der Waals surface area contributed by atoms with Crippen molar-refractivity contribution >= 4 is 5.91 Å². The summed E-state index contributed by atoms with van der Waals surface area (Å²) in [7, 11) is 1.84. The molecule has 0 radical (unpaired) electrons. The van der Waals surface area contributed by atoms with Gasteiger partial charge in [0.1, 0.15) is 0 Å². The van der Waals surface area contributed by atoms with Gasteiger partial charge in [-0.15, -0.1) is 0 Å². The number of hydrogen-bond donors (Lipinski definition) is 1. The van der Waals surface area contributed by atoms with Crippen LogP contribution in [-0.4, -0.2) is 53.1 Å². The monoisotopic (exact) mass is 290 g/mol. The van der Waals surface area contributed by atoms with Gasteiger partial charge in [0, 0.05) is 20.1 Å². The number of rotatable bonds is 4. The van der Waals surface area contributed by atoms with Crippen molar-refractivity contribution in [2.24, 2.45) is 0 Å². The maximum atomic E-state index is 12.3. The normalized spacial score (nSPS) is 23.0. The van der Waals surface area contributed by atoms with E-state index in [9.17, 15) is 9.90 Å². The molecule has 1 unspecified atom stereocenters. The van der Waals surface area contributed by atoms with E-state index in [0.717, 1.165) is 24.9 Å². The van der Waals surface area contributed by atoms with Crippen LogP contribution in [0.15, 0.2) is 24.3 Å². The fourth-order valence-electron chi connectivity index (χ4n) is 2.83. The molecule has 1 aliphatic rings. The van der Waals surface area contributed by atoms with Gasteiger partial charge in [-0.3, -0.25) is 9.69 Å². The number of piperidine rings is 1. The minimum atomic E-state index is -0.659. The van der Waals surface area contributed by atoms with E-state index in [-0.39, 0.29) is 5.91 Å². The minimum Gasteiger partial charge on any atom is -0.389 e. The zero-order valence-corrected chi connectivity index (χ0v) is 13.3. The van der Waals surface area contributed by atoms with Crippen LogP contribution < -0.4 is 0 Å². The molecule has 1 aromatic rings. The van der Waals surface area contributed by atoms with Gasteiger partial charge in [-0.25, -0.2) is 0 Å². The maximum absolute atomic E-state index is 12.3. The Morgan fingerprint density at radius 1 is 1.38 bits per heavy atom. The third kappa shape index (κ3) is 4.83. The van der Waals surface area contributed by atoms with Gasteiger partial charge in [0.15, 0.2) is 0 Å². The molecule has 0 aliphatic carbocycles. The molecule has 1 heterocycles. The molecule has 116 valence electrons. The molecule has 21 heavy (non-hydrogen) atoms. The standard InChI is InChI=1S/C17H26N2O2/c1-14-5-7-15(8-6-14)11-18(3)16(20)12-19-10-4-9-17(2,21)13-19/h5-8,21H,4,9-13H2,1-3H3. The number of aliphatic hydroxyl groups is 1. The lowest BCUT2D eigenvalue weighted by Gasteiger charge is -2.37. The van der Waals surface area contributed by atoms with Crippen LogP contribution >= 0.6 is 0 Å². The van der Waals surface area contributed by atoms with Crippen molar-refractivity contribution in [3.8, 4) is 0 Å². The highest BCUT2D eigenvalue weighted by atomic mass is 16.3. The molecule has 1 aromatic carbocycles. The summed E-state index contributed by atoms with van der Waals surface area (Å²) in [5.74, 6) is 0.105. The van der Waals surface area contributed by atoms with E-state index in [4.69, 9.17) is 0 Å². The van der Waals surface area contributed by atoms with E-state index in [1.807, 2.05) is 14.0 Å². The van der Waals surface area contributed by atoms with Crippen LogP contribution in [0.1, 0.15) is 30.9 Å². The number of β-amino-alcohol motifs (C(OH)–C–C–N with tert-alkyl or cyclic N) is 1. The van der Waals surface area contributed by atoms with Crippen molar-refractivity contribution in [3.05, 3.63) is 35.4 Å². The van der Waals surface area contributed by atoms with E-state index in [2.05, 4.69) is 36.1 Å². The zero-order valence-electron chi connectivity index (χ0n) is 13.3. The molecule has 0 saturated carbocycles. The lowest BCUT2D eigenvalue weighted by Crippen LogP contribution is -2.49. The molecule has 2 rings (SSSR count). The van der Waals surface area contributed by atoms with Gasteiger partial charge in [0.2, 0.25) is 5.91 Å². The molecule has 4 heteroatoms. The Balaban J connectivity index is 1.86. The van der Waals surface area contributed by atoms with Gasteiger partial charge in [0.25, 0.3) is 0 Å². The number of amides is 1. The Morgan fingerprint density at radius 3 is 2.67 bits per heavy atom. The van der Waals surface area contributed by atoms with Crippen LogP contribution in [0.25, 0.3) is 0 Å². The van der Waals surface area contributed by atoms with Crippen LogP contribution in [0.5, 0.6) is 0 Å². The van der Waals surface area contributed by atoms with E-state index in [0.29, 0.717) is 19.6 Å². The number of benzene rings is 1. The van der Waals surface area contributed by atoms with Gasteiger partial charge in [0.05, 0.1) is 12.1 Å². The highest BCUT2D eigenvalue weighted by Crippen LogP contribution is 2.20. The average molecular weight is 290 g/mol. The first-order valence-electron chi connectivity index (χ1n) is 7.60. The highest BCUT2D eigenvalue weighted by Gasteiger charge is 2.29. The van der Waals surface area contributed by atoms with Gasteiger partial charge >= 0.3 is 0 Å². The summed E-state index contributed by atoms with van der Waals surface area (Å²) in [6, 6.07) is 8.25. The van der Waals surface area contributed by atoms with Crippen molar-refractivity contribution in [1.29, 1.82) is 0 Å². The van der Waals surface area contributed by atoms with Gasteiger partial charge in [-0.1, -0.05) is 29.8 Å². The van der Waals surface area contributed by atoms with Crippen LogP contribution in [0.3, 0.4) is 0 Å². The second-order valence-corrected chi connectivity index (χ2v) is 6.55. The van der Waals surface area contributed by atoms with E-state index in [1.54, 1.807) is 4.90 Å². The summed E-state index contributed by atoms with van der Waals surface area (Å²) in [4.78, 5) is 16.1. The van der Waals surface area contributed by atoms with Crippen molar-refractivity contribution in [1.82, 2.24) is 9.80 Å². The highest BCUT2D eigenvalue weighted by molar-refractivity contribution is 5.78. The number of carbonyl (C=O) groups excluding carboxylic acids is 1. The predicted octanol–water partition coefficient (Wildman–Crippen LogP) is 1.80. The number of likely N-dealkylation sites (tertiary alicyclic amines) is 1. The first kappa shape index (κ1) is 16.0. The number of nitrogens with zero attached hydrogens (tertiary/aromatic N) is 2. The first-order chi connectivity index (χ1) is 9.85. The number of hydrogen-bond acceptors (Lipinski definition) is 3. The lowest BCUT2D eigenvalue weighted by molar-refractivity contribution is -0.133. The van der Waals surface area contributed by atoms with E-state index in [1.165, 1.54) is 5.56 Å². The average Bonchev–Trinajstić information content (AvgIpc) is 2.40. The smallest absolute Gasteiger partial charge is 0.236 e. The summed E-state index contributed by atoms with van der Waals surface area (Å²) in [5, 5.41) is 10.1.